The number of anilines is 1. The zero-order valence-corrected chi connectivity index (χ0v) is 66.2. The lowest BCUT2D eigenvalue weighted by Gasteiger charge is -2.40. The number of likely N-dealkylation sites (N-methyl/N-ethyl adjacent to an activating group) is 6. The Morgan fingerprint density at radius 2 is 0.854 bits per heavy atom. The molecule has 0 aliphatic rings. The zero-order valence-electron chi connectivity index (χ0n) is 65.4. The summed E-state index contributed by atoms with van der Waals surface area (Å²) in [6, 6.07) is -5.73. The summed E-state index contributed by atoms with van der Waals surface area (Å²) in [4.78, 5) is 177. The Labute approximate surface area is 616 Å². The second kappa shape index (κ2) is 44.1. The first kappa shape index (κ1) is 93.2. The summed E-state index contributed by atoms with van der Waals surface area (Å²) in [7, 11) is 8.20. The van der Waals surface area contributed by atoms with Gasteiger partial charge < -0.3 is 87.0 Å². The van der Waals surface area contributed by atoms with E-state index >= 15 is 0 Å². The first-order chi connectivity index (χ1) is 47.6. The lowest BCUT2D eigenvalue weighted by molar-refractivity contribution is -0.155. The van der Waals surface area contributed by atoms with Crippen molar-refractivity contribution in [1.82, 2.24) is 61.3 Å². The van der Waals surface area contributed by atoms with Gasteiger partial charge in [-0.05, 0) is 139 Å². The Morgan fingerprint density at radius 1 is 0.447 bits per heavy atom. The molecule has 0 saturated heterocycles. The Hall–Kier alpha value is -7.83. The quantitative estimate of drug-likeness (QED) is 0.0331. The third-order valence-electron chi connectivity index (χ3n) is 17.8. The van der Waals surface area contributed by atoms with Crippen LogP contribution >= 0.6 is 12.2 Å². The second-order valence-corrected chi connectivity index (χ2v) is 30.3. The van der Waals surface area contributed by atoms with Crippen molar-refractivity contribution < 1.29 is 78.0 Å². The van der Waals surface area contributed by atoms with E-state index in [0.29, 0.717) is 5.69 Å². The number of aliphatic hydroxyl groups is 3. The number of thiocarbonyl (C=S) groups is 1. The summed E-state index contributed by atoms with van der Waals surface area (Å²) < 4.78 is 0. The summed E-state index contributed by atoms with van der Waals surface area (Å²) >= 11 is 5.41. The predicted molar refractivity (Wildman–Crippen MR) is 399 cm³/mol. The molecule has 1 aromatic carbocycles. The van der Waals surface area contributed by atoms with E-state index in [1.807, 2.05) is 75.3 Å². The van der Waals surface area contributed by atoms with E-state index < -0.39 is 174 Å². The molecule has 584 valence electrons. The first-order valence-electron chi connectivity index (χ1n) is 35.7. The Balaban J connectivity index is 3.50. The second-order valence-electron chi connectivity index (χ2n) is 29.9. The van der Waals surface area contributed by atoms with E-state index in [4.69, 9.17) is 12.2 Å². The van der Waals surface area contributed by atoms with Crippen molar-refractivity contribution in [3.8, 4) is 0 Å². The fourth-order valence-corrected chi connectivity index (χ4v) is 12.1. The van der Waals surface area contributed by atoms with Gasteiger partial charge >= 0.3 is 5.97 Å². The number of carboxylic acids is 1. The van der Waals surface area contributed by atoms with Gasteiger partial charge in [-0.1, -0.05) is 120 Å². The van der Waals surface area contributed by atoms with Crippen LogP contribution in [0.3, 0.4) is 0 Å². The van der Waals surface area contributed by atoms with Gasteiger partial charge in [-0.3, -0.25) is 52.7 Å². The zero-order chi connectivity index (χ0) is 79.5. The van der Waals surface area contributed by atoms with Crippen LogP contribution in [0.25, 0.3) is 0 Å². The summed E-state index contributed by atoms with van der Waals surface area (Å²) in [5.41, 5.74) is 0.640. The minimum absolute atomic E-state index is 0.0584. The molecule has 1 aromatic rings. The van der Waals surface area contributed by atoms with Crippen molar-refractivity contribution in [1.29, 1.82) is 0 Å². The maximum absolute atomic E-state index is 14.8. The summed E-state index contributed by atoms with van der Waals surface area (Å²) in [6.07, 6.45) is -0.0471. The molecule has 30 heteroatoms. The van der Waals surface area contributed by atoms with Crippen LogP contribution in [-0.4, -0.2) is 259 Å². The summed E-state index contributed by atoms with van der Waals surface area (Å²) in [5.74, 6) is -11.8. The largest absolute Gasteiger partial charge is 0.480 e. The molecular weight excluding hydrogens is 1350 g/mol. The van der Waals surface area contributed by atoms with Gasteiger partial charge in [0, 0.05) is 48.0 Å². The van der Waals surface area contributed by atoms with Crippen LogP contribution in [0.1, 0.15) is 163 Å². The minimum atomic E-state index is -1.79. The monoisotopic (exact) mass is 1470 g/mol. The fraction of sp³-hybridized carbons (Fsp3) is 0.712. The normalized spacial score (nSPS) is 16.0. The minimum Gasteiger partial charge on any atom is -0.480 e. The molecule has 11 N–H and O–H groups in total. The van der Waals surface area contributed by atoms with Gasteiger partial charge in [-0.15, -0.1) is 0 Å². The molecular formula is C73H125N13O16S. The topological polar surface area (TPSA) is 389 Å². The number of aliphatic hydroxyl groups excluding tert-OH is 3. The number of nitrogens with one attached hydrogen (secondary N) is 7. The Morgan fingerprint density at radius 3 is 1.27 bits per heavy atom. The number of hydrogen-bond acceptors (Lipinski definition) is 16. The van der Waals surface area contributed by atoms with Crippen molar-refractivity contribution >= 4 is 94.0 Å². The highest BCUT2D eigenvalue weighted by Crippen LogP contribution is 2.24. The number of benzene rings is 1. The van der Waals surface area contributed by atoms with E-state index in [0.717, 1.165) is 26.5 Å². The summed E-state index contributed by atoms with van der Waals surface area (Å²) in [5, 5.41) is 61.4. The number of carbonyl (C=O) groups excluding carboxylic acids is 11. The van der Waals surface area contributed by atoms with Gasteiger partial charge in [-0.25, -0.2) is 4.79 Å². The van der Waals surface area contributed by atoms with Gasteiger partial charge in [-0.2, -0.15) is 0 Å². The van der Waals surface area contributed by atoms with Crippen molar-refractivity contribution in [3.63, 3.8) is 0 Å². The maximum atomic E-state index is 14.8. The molecule has 0 unspecified atom stereocenters. The average molecular weight is 1470 g/mol. The van der Waals surface area contributed by atoms with E-state index in [2.05, 4.69) is 37.2 Å². The highest BCUT2D eigenvalue weighted by molar-refractivity contribution is 7.80. The number of hydrogen-bond donors (Lipinski definition) is 11. The highest BCUT2D eigenvalue weighted by Gasteiger charge is 2.45. The predicted octanol–water partition coefficient (Wildman–Crippen LogP) is 3.09. The van der Waals surface area contributed by atoms with Crippen molar-refractivity contribution in [2.24, 2.45) is 41.4 Å². The third kappa shape index (κ3) is 29.7. The van der Waals surface area contributed by atoms with Crippen LogP contribution in [0.15, 0.2) is 42.5 Å². The highest BCUT2D eigenvalue weighted by atomic mass is 32.1. The van der Waals surface area contributed by atoms with Crippen LogP contribution in [0.5, 0.6) is 0 Å². The van der Waals surface area contributed by atoms with Gasteiger partial charge in [0.2, 0.25) is 65.0 Å². The number of carbonyl (C=O) groups is 12. The number of aliphatic carboxylic acids is 1. The number of rotatable bonds is 42. The fourth-order valence-electron chi connectivity index (χ4n) is 11.9. The molecule has 0 bridgehead atoms. The van der Waals surface area contributed by atoms with Crippen LogP contribution in [0, 0.1) is 41.4 Å². The van der Waals surface area contributed by atoms with E-state index in [1.54, 1.807) is 64.1 Å². The number of para-hydroxylation sites is 1. The molecule has 0 saturated carbocycles. The molecule has 0 aliphatic carbocycles. The molecule has 0 heterocycles. The van der Waals surface area contributed by atoms with Crippen LogP contribution < -0.4 is 37.2 Å². The lowest BCUT2D eigenvalue weighted by Crippen LogP contribution is -2.63. The van der Waals surface area contributed by atoms with E-state index in [1.165, 1.54) is 72.9 Å². The SMILES string of the molecule is C/C=C/C[C@@H](C)[C@@H](O)[C@@H](C(=O)N[C@H](C(=O)O)[C@@H](C)O)N(C)C(=O)[C@H](C(C)C)N(C)C(=O)[C@H](CC(C)C)NC(=O)[C@H](CC(C)C)N(C)C(=O)[C@@H](C)NC(=O)[C@H](C)NC(=O)[C@H](CC(C)C)N(C)C(=O)[C@H](CC(C)C)NC(=O)[C@H](CC(C)C)N(C)C(=O)CN(C)C(=O)[C@@H](NC(=S)Nc1ccccc1)[C@@H](C)O. The molecule has 0 aliphatic heterocycles. The number of amides is 11. The smallest absolute Gasteiger partial charge is 0.328 e. The van der Waals surface area contributed by atoms with E-state index in [9.17, 15) is 78.0 Å². The van der Waals surface area contributed by atoms with Gasteiger partial charge in [0.15, 0.2) is 11.2 Å². The van der Waals surface area contributed by atoms with Crippen LogP contribution in [-0.2, 0) is 57.5 Å². The molecule has 0 radical (unpaired) electrons. The number of nitrogens with zero attached hydrogens (tertiary/aromatic N) is 6. The molecule has 103 heavy (non-hydrogen) atoms. The molecule has 11 amide bonds. The number of carboxylic acid groups (broad SMARTS) is 1. The third-order valence-corrected chi connectivity index (χ3v) is 18.0. The lowest BCUT2D eigenvalue weighted by atomic mass is 9.91. The van der Waals surface area contributed by atoms with E-state index in [-0.39, 0.29) is 73.2 Å². The van der Waals surface area contributed by atoms with Crippen molar-refractivity contribution in [2.75, 3.05) is 54.1 Å². The average Bonchev–Trinajstić information content (AvgIpc) is 0.805. The van der Waals surface area contributed by atoms with Gasteiger partial charge in [0.1, 0.15) is 60.4 Å². The standard InChI is InChI=1S/C73H125N13O16S/c1-25-26-30-45(14)61(90)60(66(95)79-58(49(18)88)72(101)102)86(24)71(100)59(44(12)13)85(23)69(98)52(34-40(4)5)78-65(94)55(37-43(10)11)83(21)67(96)47(16)75-62(91)46(15)74-63(92)54(36-42(8)9)84(22)68(97)51(33-39(2)3)77-64(93)53(35-41(6)7)82(20)56(89)38-81(19)70(99)57(48(17)87)80-73(103)76-50-31-28-27-29-32-50/h25-29,31-32,39-49,51-55,57-61,87-88,90H,30,33-38H2,1-24H3,(H,74,92)(H,75,91)(H,77,93)(H,78,94)(H,79,95)(H,101,102)(H2,76,80,103)/b26-25+/t45-,46+,47-,48-,49-,51+,52+,53+,54+,55+,57+,58+,59+,60+,61-/m1/s1. The number of allylic oxidation sites excluding steroid dienone is 2. The van der Waals surface area contributed by atoms with Crippen LogP contribution in [0.4, 0.5) is 5.69 Å². The molecule has 29 nitrogen and oxygen atoms in total. The first-order valence-corrected chi connectivity index (χ1v) is 36.2. The molecule has 1 rings (SSSR count). The van der Waals surface area contributed by atoms with Gasteiger partial charge in [0.25, 0.3) is 0 Å². The molecule has 0 aromatic heterocycles. The summed E-state index contributed by atoms with van der Waals surface area (Å²) in [6.45, 7) is 29.9. The molecule has 0 fully saturated rings. The van der Waals surface area contributed by atoms with Gasteiger partial charge in [0.05, 0.1) is 24.9 Å². The molecule has 15 atom stereocenters. The Bertz CT molecular complexity index is 3020. The van der Waals surface area contributed by atoms with Crippen LogP contribution in [0.2, 0.25) is 0 Å². The molecule has 0 spiro atoms. The Kier molecular flexibility index (Phi) is 39.9. The van der Waals surface area contributed by atoms with Crippen molar-refractivity contribution in [3.05, 3.63) is 42.5 Å². The maximum Gasteiger partial charge on any atom is 0.328 e. The van der Waals surface area contributed by atoms with Crippen molar-refractivity contribution in [2.45, 2.75) is 248 Å².